The summed E-state index contributed by atoms with van der Waals surface area (Å²) in [6.07, 6.45) is 4.09. The van der Waals surface area contributed by atoms with E-state index >= 15 is 0 Å². The molecule has 2 rings (SSSR count). The zero-order chi connectivity index (χ0) is 10.5. The lowest BCUT2D eigenvalue weighted by atomic mass is 10.1. The number of hydrogen-bond donors (Lipinski definition) is 1. The summed E-state index contributed by atoms with van der Waals surface area (Å²) in [5.74, 6) is 0. The maximum Gasteiger partial charge on any atom is 0.0366 e. The SMILES string of the molecule is CNCc1ccc(N2CCCCC2)cc1. The topological polar surface area (TPSA) is 15.3 Å². The average Bonchev–Trinajstić information content (AvgIpc) is 2.32. The fourth-order valence-electron chi connectivity index (χ4n) is 2.18. The molecule has 1 saturated heterocycles. The van der Waals surface area contributed by atoms with E-state index in [4.69, 9.17) is 0 Å². The van der Waals surface area contributed by atoms with Gasteiger partial charge in [0, 0.05) is 25.3 Å². The summed E-state index contributed by atoms with van der Waals surface area (Å²) in [5.41, 5.74) is 2.74. The molecule has 0 unspecified atom stereocenters. The first-order chi connectivity index (χ1) is 7.40. The van der Waals surface area contributed by atoms with Gasteiger partial charge in [0.05, 0.1) is 0 Å². The first-order valence-corrected chi connectivity index (χ1v) is 5.88. The Kier molecular flexibility index (Phi) is 3.62. The lowest BCUT2D eigenvalue weighted by molar-refractivity contribution is 0.578. The smallest absolute Gasteiger partial charge is 0.0366 e. The van der Waals surface area contributed by atoms with Gasteiger partial charge in [-0.05, 0) is 44.0 Å². The Labute approximate surface area is 92.3 Å². The van der Waals surface area contributed by atoms with Gasteiger partial charge in [0.1, 0.15) is 0 Å². The van der Waals surface area contributed by atoms with Crippen molar-refractivity contribution in [2.24, 2.45) is 0 Å². The summed E-state index contributed by atoms with van der Waals surface area (Å²) in [6.45, 7) is 3.41. The van der Waals surface area contributed by atoms with E-state index in [0.29, 0.717) is 0 Å². The molecule has 0 amide bonds. The van der Waals surface area contributed by atoms with Crippen LogP contribution in [-0.4, -0.2) is 20.1 Å². The number of piperidine rings is 1. The molecule has 0 spiro atoms. The second kappa shape index (κ2) is 5.17. The van der Waals surface area contributed by atoms with Crippen LogP contribution in [0.1, 0.15) is 24.8 Å². The monoisotopic (exact) mass is 204 g/mol. The zero-order valence-corrected chi connectivity index (χ0v) is 9.50. The van der Waals surface area contributed by atoms with Gasteiger partial charge in [-0.3, -0.25) is 0 Å². The summed E-state index contributed by atoms with van der Waals surface area (Å²) in [4.78, 5) is 2.49. The maximum absolute atomic E-state index is 3.17. The molecule has 1 aromatic rings. The van der Waals surface area contributed by atoms with Crippen LogP contribution in [0.25, 0.3) is 0 Å². The van der Waals surface area contributed by atoms with Crippen LogP contribution in [-0.2, 0) is 6.54 Å². The van der Waals surface area contributed by atoms with Gasteiger partial charge in [-0.1, -0.05) is 12.1 Å². The predicted molar refractivity (Wildman–Crippen MR) is 65.3 cm³/mol. The Morgan fingerprint density at radius 3 is 2.33 bits per heavy atom. The van der Waals surface area contributed by atoms with E-state index in [1.54, 1.807) is 0 Å². The third kappa shape index (κ3) is 2.72. The lowest BCUT2D eigenvalue weighted by Gasteiger charge is -2.28. The molecule has 82 valence electrons. The van der Waals surface area contributed by atoms with Crippen LogP contribution in [0.15, 0.2) is 24.3 Å². The van der Waals surface area contributed by atoms with Crippen molar-refractivity contribution in [3.63, 3.8) is 0 Å². The minimum Gasteiger partial charge on any atom is -0.372 e. The molecule has 0 aromatic heterocycles. The third-order valence-corrected chi connectivity index (χ3v) is 3.04. The molecule has 2 nitrogen and oxygen atoms in total. The Bertz CT molecular complexity index is 286. The van der Waals surface area contributed by atoms with Crippen LogP contribution in [0.4, 0.5) is 5.69 Å². The Hall–Kier alpha value is -1.02. The Morgan fingerprint density at radius 1 is 1.07 bits per heavy atom. The van der Waals surface area contributed by atoms with Crippen LogP contribution >= 0.6 is 0 Å². The number of nitrogens with one attached hydrogen (secondary N) is 1. The van der Waals surface area contributed by atoms with Crippen molar-refractivity contribution in [3.05, 3.63) is 29.8 Å². The number of anilines is 1. The lowest BCUT2D eigenvalue weighted by Crippen LogP contribution is -2.29. The van der Waals surface area contributed by atoms with Crippen LogP contribution < -0.4 is 10.2 Å². The van der Waals surface area contributed by atoms with E-state index in [1.165, 1.54) is 43.6 Å². The predicted octanol–water partition coefficient (Wildman–Crippen LogP) is 2.40. The average molecular weight is 204 g/mol. The molecule has 0 saturated carbocycles. The van der Waals surface area contributed by atoms with Crippen LogP contribution in [0.5, 0.6) is 0 Å². The standard InChI is InChI=1S/C13H20N2/c1-14-11-12-5-7-13(8-6-12)15-9-3-2-4-10-15/h5-8,14H,2-4,9-11H2,1H3. The van der Waals surface area contributed by atoms with Crippen molar-refractivity contribution < 1.29 is 0 Å². The minimum absolute atomic E-state index is 0.959. The van der Waals surface area contributed by atoms with Crippen molar-refractivity contribution in [2.75, 3.05) is 25.0 Å². The van der Waals surface area contributed by atoms with Crippen LogP contribution in [0.3, 0.4) is 0 Å². The Morgan fingerprint density at radius 2 is 1.73 bits per heavy atom. The van der Waals surface area contributed by atoms with Gasteiger partial charge in [-0.2, -0.15) is 0 Å². The van der Waals surface area contributed by atoms with Crippen molar-refractivity contribution in [3.8, 4) is 0 Å². The summed E-state index contributed by atoms with van der Waals surface area (Å²) in [6, 6.07) is 8.94. The fourth-order valence-corrected chi connectivity index (χ4v) is 2.18. The molecule has 0 aliphatic carbocycles. The maximum atomic E-state index is 3.17. The van der Waals surface area contributed by atoms with Gasteiger partial charge >= 0.3 is 0 Å². The molecule has 1 fully saturated rings. The van der Waals surface area contributed by atoms with Crippen LogP contribution in [0, 0.1) is 0 Å². The number of rotatable bonds is 3. The van der Waals surface area contributed by atoms with Gasteiger partial charge < -0.3 is 10.2 Å². The molecule has 1 aliphatic rings. The molecule has 0 atom stereocenters. The van der Waals surface area contributed by atoms with E-state index < -0.39 is 0 Å². The summed E-state index contributed by atoms with van der Waals surface area (Å²) < 4.78 is 0. The molecule has 1 heterocycles. The highest BCUT2D eigenvalue weighted by Gasteiger charge is 2.09. The molecule has 0 radical (unpaired) electrons. The van der Waals surface area contributed by atoms with Crippen molar-refractivity contribution in [1.82, 2.24) is 5.32 Å². The number of hydrogen-bond acceptors (Lipinski definition) is 2. The van der Waals surface area contributed by atoms with Gasteiger partial charge in [0.15, 0.2) is 0 Å². The molecule has 0 bridgehead atoms. The minimum atomic E-state index is 0.959. The number of benzene rings is 1. The zero-order valence-electron chi connectivity index (χ0n) is 9.50. The normalized spacial score (nSPS) is 16.7. The Balaban J connectivity index is 2.02. The third-order valence-electron chi connectivity index (χ3n) is 3.04. The molecule has 2 heteroatoms. The van der Waals surface area contributed by atoms with Gasteiger partial charge in [-0.25, -0.2) is 0 Å². The first-order valence-electron chi connectivity index (χ1n) is 5.88. The fraction of sp³-hybridized carbons (Fsp3) is 0.538. The second-order valence-electron chi connectivity index (χ2n) is 4.24. The van der Waals surface area contributed by atoms with Gasteiger partial charge in [0.25, 0.3) is 0 Å². The van der Waals surface area contributed by atoms with Crippen molar-refractivity contribution in [1.29, 1.82) is 0 Å². The molecule has 1 N–H and O–H groups in total. The van der Waals surface area contributed by atoms with E-state index in [1.807, 2.05) is 7.05 Å². The van der Waals surface area contributed by atoms with Crippen molar-refractivity contribution in [2.45, 2.75) is 25.8 Å². The van der Waals surface area contributed by atoms with Gasteiger partial charge in [0.2, 0.25) is 0 Å². The van der Waals surface area contributed by atoms with Gasteiger partial charge in [-0.15, -0.1) is 0 Å². The van der Waals surface area contributed by atoms with E-state index in [9.17, 15) is 0 Å². The molecular weight excluding hydrogens is 184 g/mol. The highest BCUT2D eigenvalue weighted by atomic mass is 15.1. The second-order valence-corrected chi connectivity index (χ2v) is 4.24. The van der Waals surface area contributed by atoms with Crippen molar-refractivity contribution >= 4 is 5.69 Å². The molecular formula is C13H20N2. The summed E-state index contributed by atoms with van der Waals surface area (Å²) >= 11 is 0. The first kappa shape index (κ1) is 10.5. The molecule has 1 aliphatic heterocycles. The largest absolute Gasteiger partial charge is 0.372 e. The highest BCUT2D eigenvalue weighted by Crippen LogP contribution is 2.19. The number of nitrogens with zero attached hydrogens (tertiary/aromatic N) is 1. The van der Waals surface area contributed by atoms with Crippen LogP contribution in [0.2, 0.25) is 0 Å². The summed E-state index contributed by atoms with van der Waals surface area (Å²) in [5, 5.41) is 3.17. The van der Waals surface area contributed by atoms with E-state index in [2.05, 4.69) is 34.5 Å². The highest BCUT2D eigenvalue weighted by molar-refractivity contribution is 5.47. The summed E-state index contributed by atoms with van der Waals surface area (Å²) in [7, 11) is 1.98. The van der Waals surface area contributed by atoms with E-state index in [0.717, 1.165) is 6.54 Å². The quantitative estimate of drug-likeness (QED) is 0.813. The molecule has 15 heavy (non-hydrogen) atoms. The van der Waals surface area contributed by atoms with E-state index in [-0.39, 0.29) is 0 Å². The molecule has 1 aromatic carbocycles.